The number of amides is 2. The normalized spacial score (nSPS) is 19.9. The van der Waals surface area contributed by atoms with Crippen molar-refractivity contribution in [1.29, 1.82) is 0 Å². The lowest BCUT2D eigenvalue weighted by Crippen LogP contribution is -2.36. The number of hydrogen-bond donors (Lipinski definition) is 3. The molecule has 27 heavy (non-hydrogen) atoms. The van der Waals surface area contributed by atoms with Crippen molar-refractivity contribution in [3.8, 4) is 0 Å². The van der Waals surface area contributed by atoms with Crippen LogP contribution in [0.15, 0.2) is 29.4 Å². The Morgan fingerprint density at radius 1 is 1.22 bits per heavy atom. The van der Waals surface area contributed by atoms with Crippen molar-refractivity contribution < 1.29 is 24.2 Å². The largest absolute Gasteiger partial charge is 0.481 e. The Morgan fingerprint density at radius 2 is 1.93 bits per heavy atom. The van der Waals surface area contributed by atoms with E-state index in [9.17, 15) is 19.5 Å². The number of ether oxygens (including phenoxy) is 1. The molecule has 1 aromatic rings. The van der Waals surface area contributed by atoms with Crippen LogP contribution in [0.2, 0.25) is 0 Å². The molecule has 1 fully saturated rings. The minimum Gasteiger partial charge on any atom is -0.481 e. The highest BCUT2D eigenvalue weighted by Gasteiger charge is 2.35. The summed E-state index contributed by atoms with van der Waals surface area (Å²) in [6.07, 6.45) is 2.15. The number of carboxylic acids is 1. The van der Waals surface area contributed by atoms with E-state index < -0.39 is 23.9 Å². The number of aliphatic carboxylic acids is 1. The number of carbonyl (C=O) groups is 3. The molecule has 1 aromatic carbocycles. The van der Waals surface area contributed by atoms with Gasteiger partial charge in [0.15, 0.2) is 0 Å². The Morgan fingerprint density at radius 3 is 2.59 bits per heavy atom. The van der Waals surface area contributed by atoms with Gasteiger partial charge in [-0.3, -0.25) is 9.59 Å². The van der Waals surface area contributed by atoms with Gasteiger partial charge in [-0.2, -0.15) is 5.10 Å². The maximum Gasteiger partial charge on any atom is 0.427 e. The number of rotatable bonds is 6. The SMILES string of the molecule is CCOC(=O)N/N=C(/C)c1cccc(NC(=O)[C@H]2CCCC[C@H]2C(=O)O)c1. The fraction of sp³-hybridized carbons (Fsp3) is 0.474. The molecule has 0 spiro atoms. The molecule has 0 radical (unpaired) electrons. The van der Waals surface area contributed by atoms with E-state index in [1.807, 2.05) is 0 Å². The number of nitrogens with zero attached hydrogens (tertiary/aromatic N) is 1. The van der Waals surface area contributed by atoms with Crippen molar-refractivity contribution in [2.24, 2.45) is 16.9 Å². The first-order valence-corrected chi connectivity index (χ1v) is 9.03. The highest BCUT2D eigenvalue weighted by Crippen LogP contribution is 2.31. The Labute approximate surface area is 158 Å². The third-order valence-corrected chi connectivity index (χ3v) is 4.56. The molecule has 0 aromatic heterocycles. The van der Waals surface area contributed by atoms with Gasteiger partial charge in [0.25, 0.3) is 0 Å². The summed E-state index contributed by atoms with van der Waals surface area (Å²) in [5, 5.41) is 16.1. The molecule has 0 saturated heterocycles. The quantitative estimate of drug-likeness (QED) is 0.522. The zero-order valence-corrected chi connectivity index (χ0v) is 15.5. The molecule has 1 saturated carbocycles. The molecule has 0 unspecified atom stereocenters. The van der Waals surface area contributed by atoms with Gasteiger partial charge in [-0.15, -0.1) is 0 Å². The van der Waals surface area contributed by atoms with Crippen molar-refractivity contribution in [2.45, 2.75) is 39.5 Å². The number of benzene rings is 1. The predicted molar refractivity (Wildman–Crippen MR) is 101 cm³/mol. The third-order valence-electron chi connectivity index (χ3n) is 4.56. The number of anilines is 1. The monoisotopic (exact) mass is 375 g/mol. The average molecular weight is 375 g/mol. The fourth-order valence-electron chi connectivity index (χ4n) is 3.15. The van der Waals surface area contributed by atoms with Crippen LogP contribution in [0.1, 0.15) is 45.1 Å². The zero-order chi connectivity index (χ0) is 19.8. The van der Waals surface area contributed by atoms with Gasteiger partial charge in [0, 0.05) is 5.69 Å². The zero-order valence-electron chi connectivity index (χ0n) is 15.5. The molecular formula is C19H25N3O5. The topological polar surface area (TPSA) is 117 Å². The van der Waals surface area contributed by atoms with Crippen LogP contribution in [0, 0.1) is 11.8 Å². The summed E-state index contributed by atoms with van der Waals surface area (Å²) in [4.78, 5) is 35.3. The van der Waals surface area contributed by atoms with Gasteiger partial charge in [0.2, 0.25) is 5.91 Å². The van der Waals surface area contributed by atoms with E-state index in [0.29, 0.717) is 29.8 Å². The second-order valence-electron chi connectivity index (χ2n) is 6.44. The minimum absolute atomic E-state index is 0.250. The van der Waals surface area contributed by atoms with Gasteiger partial charge in [-0.05, 0) is 44.4 Å². The summed E-state index contributed by atoms with van der Waals surface area (Å²) in [7, 11) is 0. The van der Waals surface area contributed by atoms with E-state index in [2.05, 4.69) is 15.8 Å². The van der Waals surface area contributed by atoms with Crippen molar-refractivity contribution in [1.82, 2.24) is 5.43 Å². The lowest BCUT2D eigenvalue weighted by molar-refractivity contribution is -0.147. The predicted octanol–water partition coefficient (Wildman–Crippen LogP) is 2.99. The molecule has 8 heteroatoms. The van der Waals surface area contributed by atoms with Crippen molar-refractivity contribution in [3.05, 3.63) is 29.8 Å². The van der Waals surface area contributed by atoms with Crippen LogP contribution >= 0.6 is 0 Å². The first-order chi connectivity index (χ1) is 12.9. The maximum absolute atomic E-state index is 12.6. The first kappa shape index (κ1) is 20.4. The molecule has 8 nitrogen and oxygen atoms in total. The van der Waals surface area contributed by atoms with Crippen LogP contribution in [0.4, 0.5) is 10.5 Å². The molecule has 1 aliphatic carbocycles. The van der Waals surface area contributed by atoms with Gasteiger partial charge in [0.05, 0.1) is 24.2 Å². The second kappa shape index (κ2) is 9.70. The summed E-state index contributed by atoms with van der Waals surface area (Å²) in [6, 6.07) is 7.00. The number of hydrogen-bond acceptors (Lipinski definition) is 5. The van der Waals surface area contributed by atoms with E-state index in [4.69, 9.17) is 4.74 Å². The molecule has 146 valence electrons. The Hall–Kier alpha value is -2.90. The molecule has 2 amide bonds. The third kappa shape index (κ3) is 5.80. The van der Waals surface area contributed by atoms with Crippen molar-refractivity contribution in [2.75, 3.05) is 11.9 Å². The fourth-order valence-corrected chi connectivity index (χ4v) is 3.15. The van der Waals surface area contributed by atoms with E-state index >= 15 is 0 Å². The number of hydrazone groups is 1. The van der Waals surface area contributed by atoms with Gasteiger partial charge in [-0.1, -0.05) is 25.0 Å². The first-order valence-electron chi connectivity index (χ1n) is 9.03. The number of carboxylic acid groups (broad SMARTS) is 1. The number of nitrogens with one attached hydrogen (secondary N) is 2. The highest BCUT2D eigenvalue weighted by molar-refractivity contribution is 6.01. The summed E-state index contributed by atoms with van der Waals surface area (Å²) >= 11 is 0. The molecule has 0 aliphatic heterocycles. The molecule has 3 N–H and O–H groups in total. The summed E-state index contributed by atoms with van der Waals surface area (Å²) in [6.45, 7) is 3.67. The molecule has 1 aliphatic rings. The Balaban J connectivity index is 2.06. The van der Waals surface area contributed by atoms with Crippen LogP contribution < -0.4 is 10.7 Å². The lowest BCUT2D eigenvalue weighted by atomic mass is 9.78. The van der Waals surface area contributed by atoms with Gasteiger partial charge < -0.3 is 15.2 Å². The van der Waals surface area contributed by atoms with Gasteiger partial charge in [0.1, 0.15) is 0 Å². The summed E-state index contributed by atoms with van der Waals surface area (Å²) in [5.41, 5.74) is 4.09. The average Bonchev–Trinajstić information content (AvgIpc) is 2.66. The highest BCUT2D eigenvalue weighted by atomic mass is 16.5. The molecule has 2 rings (SSSR count). The van der Waals surface area contributed by atoms with Gasteiger partial charge >= 0.3 is 12.1 Å². The minimum atomic E-state index is -0.920. The summed E-state index contributed by atoms with van der Waals surface area (Å²) in [5.74, 6) is -2.37. The summed E-state index contributed by atoms with van der Waals surface area (Å²) < 4.78 is 4.74. The van der Waals surface area contributed by atoms with Crippen molar-refractivity contribution >= 4 is 29.4 Å². The Kier molecular flexibility index (Phi) is 7.34. The van der Waals surface area contributed by atoms with Crippen LogP contribution in [0.3, 0.4) is 0 Å². The molecular weight excluding hydrogens is 350 g/mol. The standard InChI is InChI=1S/C19H25N3O5/c1-3-27-19(26)22-21-12(2)13-7-6-8-14(11-13)20-17(23)15-9-4-5-10-16(15)18(24)25/h6-8,11,15-16H,3-5,9-10H2,1-2H3,(H,20,23)(H,22,26)(H,24,25)/b21-12-/t15-,16+/m0/s1. The van der Waals surface area contributed by atoms with Crippen LogP contribution in [-0.2, 0) is 14.3 Å². The van der Waals surface area contributed by atoms with Crippen LogP contribution in [-0.4, -0.2) is 35.4 Å². The maximum atomic E-state index is 12.6. The lowest BCUT2D eigenvalue weighted by Gasteiger charge is -2.27. The smallest absolute Gasteiger partial charge is 0.427 e. The van der Waals surface area contributed by atoms with Crippen LogP contribution in [0.5, 0.6) is 0 Å². The second-order valence-corrected chi connectivity index (χ2v) is 6.44. The molecule has 0 bridgehead atoms. The molecule has 2 atom stereocenters. The van der Waals surface area contributed by atoms with Gasteiger partial charge in [-0.25, -0.2) is 10.2 Å². The Bertz CT molecular complexity index is 732. The number of carbonyl (C=O) groups excluding carboxylic acids is 2. The van der Waals surface area contributed by atoms with E-state index in [0.717, 1.165) is 12.8 Å². The van der Waals surface area contributed by atoms with E-state index in [-0.39, 0.29) is 12.5 Å². The van der Waals surface area contributed by atoms with E-state index in [1.165, 1.54) is 0 Å². The van der Waals surface area contributed by atoms with E-state index in [1.54, 1.807) is 38.1 Å². The van der Waals surface area contributed by atoms with Crippen LogP contribution in [0.25, 0.3) is 0 Å². The molecule has 0 heterocycles. The van der Waals surface area contributed by atoms with Crippen molar-refractivity contribution in [3.63, 3.8) is 0 Å².